The Morgan fingerprint density at radius 2 is 1.78 bits per heavy atom. The lowest BCUT2D eigenvalue weighted by atomic mass is 10.1. The van der Waals surface area contributed by atoms with Crippen molar-refractivity contribution < 1.29 is 19.1 Å². The summed E-state index contributed by atoms with van der Waals surface area (Å²) in [7, 11) is 1.28. The zero-order valence-corrected chi connectivity index (χ0v) is 13.0. The number of carbonyl (C=O) groups excluding carboxylic acids is 2. The van der Waals surface area contributed by atoms with E-state index in [1.54, 1.807) is 12.1 Å². The predicted molar refractivity (Wildman–Crippen MR) is 73.4 cm³/mol. The molecule has 0 N–H and O–H groups in total. The molecule has 0 aliphatic carbocycles. The third-order valence-corrected chi connectivity index (χ3v) is 3.57. The minimum absolute atomic E-state index is 0.462. The SMILES string of the molecule is COC(=O)C(Br)C(OC(C)=O)c1ccc(Br)cc1. The molecule has 0 aliphatic rings. The summed E-state index contributed by atoms with van der Waals surface area (Å²) in [6.45, 7) is 1.29. The van der Waals surface area contributed by atoms with Gasteiger partial charge in [-0.05, 0) is 17.7 Å². The predicted octanol–water partition coefficient (Wildman–Crippen LogP) is 2.99. The van der Waals surface area contributed by atoms with Gasteiger partial charge in [0.05, 0.1) is 7.11 Å². The highest BCUT2D eigenvalue weighted by atomic mass is 79.9. The second-order valence-electron chi connectivity index (χ2n) is 3.51. The number of ether oxygens (including phenoxy) is 2. The van der Waals surface area contributed by atoms with E-state index >= 15 is 0 Å². The molecule has 0 saturated carbocycles. The summed E-state index contributed by atoms with van der Waals surface area (Å²) in [4.78, 5) is 21.9. The summed E-state index contributed by atoms with van der Waals surface area (Å²) in [5.41, 5.74) is 0.709. The van der Waals surface area contributed by atoms with Crippen molar-refractivity contribution in [1.82, 2.24) is 0 Å². The fraction of sp³-hybridized carbons (Fsp3) is 0.333. The van der Waals surface area contributed by atoms with Crippen molar-refractivity contribution in [3.05, 3.63) is 34.3 Å². The van der Waals surface area contributed by atoms with Crippen LogP contribution in [-0.4, -0.2) is 23.9 Å². The molecule has 1 rings (SSSR count). The fourth-order valence-corrected chi connectivity index (χ4v) is 2.23. The zero-order chi connectivity index (χ0) is 13.7. The van der Waals surface area contributed by atoms with Gasteiger partial charge in [0.1, 0.15) is 6.10 Å². The normalized spacial score (nSPS) is 13.6. The van der Waals surface area contributed by atoms with Crippen LogP contribution in [0.1, 0.15) is 18.6 Å². The number of carbonyl (C=O) groups is 2. The maximum absolute atomic E-state index is 11.5. The number of benzene rings is 1. The van der Waals surface area contributed by atoms with E-state index in [1.807, 2.05) is 12.1 Å². The highest BCUT2D eigenvalue weighted by molar-refractivity contribution is 9.10. The molecule has 0 fully saturated rings. The van der Waals surface area contributed by atoms with E-state index in [0.717, 1.165) is 4.47 Å². The number of halogens is 2. The van der Waals surface area contributed by atoms with Gasteiger partial charge in [0.25, 0.3) is 0 Å². The van der Waals surface area contributed by atoms with E-state index in [1.165, 1.54) is 14.0 Å². The largest absolute Gasteiger partial charge is 0.468 e. The molecule has 4 nitrogen and oxygen atoms in total. The lowest BCUT2D eigenvalue weighted by Crippen LogP contribution is -2.27. The molecule has 0 amide bonds. The van der Waals surface area contributed by atoms with Gasteiger partial charge in [-0.15, -0.1) is 0 Å². The molecule has 98 valence electrons. The Hall–Kier alpha value is -0.880. The molecule has 0 radical (unpaired) electrons. The molecular weight excluding hydrogens is 368 g/mol. The van der Waals surface area contributed by atoms with Gasteiger partial charge < -0.3 is 9.47 Å². The van der Waals surface area contributed by atoms with E-state index in [-0.39, 0.29) is 0 Å². The Labute approximate surface area is 122 Å². The van der Waals surface area contributed by atoms with Crippen molar-refractivity contribution in [1.29, 1.82) is 0 Å². The molecule has 6 heteroatoms. The van der Waals surface area contributed by atoms with E-state index in [0.29, 0.717) is 5.56 Å². The Bertz CT molecular complexity index is 430. The van der Waals surface area contributed by atoms with E-state index in [4.69, 9.17) is 4.74 Å². The van der Waals surface area contributed by atoms with Gasteiger partial charge in [-0.3, -0.25) is 9.59 Å². The highest BCUT2D eigenvalue weighted by Crippen LogP contribution is 2.28. The molecule has 1 aromatic rings. The van der Waals surface area contributed by atoms with Crippen LogP contribution in [0.2, 0.25) is 0 Å². The lowest BCUT2D eigenvalue weighted by molar-refractivity contribution is -0.151. The smallest absolute Gasteiger partial charge is 0.323 e. The van der Waals surface area contributed by atoms with E-state index < -0.39 is 22.9 Å². The second-order valence-corrected chi connectivity index (χ2v) is 5.41. The minimum Gasteiger partial charge on any atom is -0.468 e. The monoisotopic (exact) mass is 378 g/mol. The first kappa shape index (κ1) is 15.2. The topological polar surface area (TPSA) is 52.6 Å². The molecular formula is C12H12Br2O4. The van der Waals surface area contributed by atoms with Crippen LogP contribution in [0, 0.1) is 0 Å². The van der Waals surface area contributed by atoms with Crippen molar-refractivity contribution in [2.24, 2.45) is 0 Å². The molecule has 18 heavy (non-hydrogen) atoms. The van der Waals surface area contributed by atoms with Gasteiger partial charge in [0, 0.05) is 11.4 Å². The molecule has 0 saturated heterocycles. The maximum Gasteiger partial charge on any atom is 0.323 e. The van der Waals surface area contributed by atoms with Crippen LogP contribution in [0.15, 0.2) is 28.7 Å². The first-order valence-electron chi connectivity index (χ1n) is 5.10. The summed E-state index contributed by atoms with van der Waals surface area (Å²) in [6, 6.07) is 7.16. The van der Waals surface area contributed by atoms with Crippen molar-refractivity contribution in [3.8, 4) is 0 Å². The first-order valence-corrected chi connectivity index (χ1v) is 6.81. The third-order valence-electron chi connectivity index (χ3n) is 2.18. The Morgan fingerprint density at radius 1 is 1.22 bits per heavy atom. The fourth-order valence-electron chi connectivity index (χ4n) is 1.36. The molecule has 1 aromatic carbocycles. The number of hydrogen-bond acceptors (Lipinski definition) is 4. The summed E-state index contributed by atoms with van der Waals surface area (Å²) in [6.07, 6.45) is -0.719. The van der Waals surface area contributed by atoms with Crippen LogP contribution < -0.4 is 0 Å². The van der Waals surface area contributed by atoms with Crippen LogP contribution in [0.25, 0.3) is 0 Å². The summed E-state index contributed by atoms with van der Waals surface area (Å²) < 4.78 is 10.7. The summed E-state index contributed by atoms with van der Waals surface area (Å²) in [5, 5.41) is 0. The Kier molecular flexibility index (Phi) is 5.81. The van der Waals surface area contributed by atoms with Gasteiger partial charge in [-0.25, -0.2) is 0 Å². The van der Waals surface area contributed by atoms with Gasteiger partial charge >= 0.3 is 11.9 Å². The zero-order valence-electron chi connectivity index (χ0n) is 9.85. The van der Waals surface area contributed by atoms with Crippen LogP contribution in [-0.2, 0) is 19.1 Å². The lowest BCUT2D eigenvalue weighted by Gasteiger charge is -2.21. The standard InChI is InChI=1S/C12H12Br2O4/c1-7(15)18-11(10(14)12(16)17-2)8-3-5-9(13)6-4-8/h3-6,10-11H,1-2H3. The van der Waals surface area contributed by atoms with Gasteiger partial charge in [-0.2, -0.15) is 0 Å². The minimum atomic E-state index is -0.743. The number of alkyl halides is 1. The van der Waals surface area contributed by atoms with E-state index in [9.17, 15) is 9.59 Å². The van der Waals surface area contributed by atoms with Crippen molar-refractivity contribution in [2.75, 3.05) is 7.11 Å². The molecule has 0 bridgehead atoms. The second kappa shape index (κ2) is 6.89. The number of methoxy groups -OCH3 is 1. The summed E-state index contributed by atoms with van der Waals surface area (Å²) >= 11 is 6.50. The first-order chi connectivity index (χ1) is 8.45. The van der Waals surface area contributed by atoms with Crippen molar-refractivity contribution in [3.63, 3.8) is 0 Å². The van der Waals surface area contributed by atoms with Crippen molar-refractivity contribution in [2.45, 2.75) is 17.9 Å². The molecule has 0 aromatic heterocycles. The van der Waals surface area contributed by atoms with Crippen LogP contribution in [0.4, 0.5) is 0 Å². The average Bonchev–Trinajstić information content (AvgIpc) is 2.35. The third kappa shape index (κ3) is 4.10. The van der Waals surface area contributed by atoms with Crippen LogP contribution in [0.5, 0.6) is 0 Å². The van der Waals surface area contributed by atoms with Crippen LogP contribution >= 0.6 is 31.9 Å². The summed E-state index contributed by atoms with van der Waals surface area (Å²) in [5.74, 6) is -0.958. The molecule has 0 heterocycles. The highest BCUT2D eigenvalue weighted by Gasteiger charge is 2.30. The molecule has 2 unspecified atom stereocenters. The van der Waals surface area contributed by atoms with Gasteiger partial charge in [-0.1, -0.05) is 44.0 Å². The Balaban J connectivity index is 3.00. The quantitative estimate of drug-likeness (QED) is 0.596. The average molecular weight is 380 g/mol. The number of esters is 2. The van der Waals surface area contributed by atoms with Gasteiger partial charge in [0.2, 0.25) is 0 Å². The number of rotatable bonds is 4. The Morgan fingerprint density at radius 3 is 2.22 bits per heavy atom. The van der Waals surface area contributed by atoms with E-state index in [2.05, 4.69) is 36.6 Å². The molecule has 0 aliphatic heterocycles. The van der Waals surface area contributed by atoms with Crippen molar-refractivity contribution >= 4 is 43.8 Å². The molecule has 2 atom stereocenters. The van der Waals surface area contributed by atoms with Gasteiger partial charge in [0.15, 0.2) is 4.83 Å². The van der Waals surface area contributed by atoms with Crippen LogP contribution in [0.3, 0.4) is 0 Å². The number of hydrogen-bond donors (Lipinski definition) is 0. The molecule has 0 spiro atoms. The maximum atomic E-state index is 11.5.